The molecule has 0 atom stereocenters. The monoisotopic (exact) mass is 256 g/mol. The van der Waals surface area contributed by atoms with Gasteiger partial charge in [0.25, 0.3) is 0 Å². The Morgan fingerprint density at radius 1 is 1.50 bits per heavy atom. The molecule has 1 N–H and O–H groups in total. The number of aromatic hydroxyl groups is 1. The number of carbonyl (C=O) groups excluding carboxylic acids is 1. The second-order valence-corrected chi connectivity index (χ2v) is 4.04. The first-order valence-electron chi connectivity index (χ1n) is 4.26. The van der Waals surface area contributed by atoms with Crippen molar-refractivity contribution in [3.05, 3.63) is 21.7 Å². The molecule has 0 spiro atoms. The predicted molar refractivity (Wildman–Crippen MR) is 55.0 cm³/mol. The highest BCUT2D eigenvalue weighted by Gasteiger charge is 2.27. The van der Waals surface area contributed by atoms with Gasteiger partial charge in [-0.05, 0) is 18.1 Å². The maximum atomic E-state index is 11.5. The summed E-state index contributed by atoms with van der Waals surface area (Å²) in [6.45, 7) is 0. The lowest BCUT2D eigenvalue weighted by Gasteiger charge is -2.09. The molecule has 14 heavy (non-hydrogen) atoms. The number of ether oxygens (including phenoxy) is 1. The summed E-state index contributed by atoms with van der Waals surface area (Å²) in [5.41, 5.74) is 1.30. The third-order valence-corrected chi connectivity index (χ3v) is 3.13. The van der Waals surface area contributed by atoms with Crippen LogP contribution in [-0.2, 0) is 6.42 Å². The fourth-order valence-electron chi connectivity index (χ4n) is 1.72. The van der Waals surface area contributed by atoms with E-state index in [4.69, 9.17) is 4.74 Å². The van der Waals surface area contributed by atoms with Crippen LogP contribution in [0.2, 0.25) is 0 Å². The zero-order valence-electron chi connectivity index (χ0n) is 7.63. The van der Waals surface area contributed by atoms with Gasteiger partial charge in [-0.1, -0.05) is 15.9 Å². The van der Waals surface area contributed by atoms with Crippen LogP contribution in [0.15, 0.2) is 10.5 Å². The molecular formula is C10H9BrO3. The molecule has 74 valence electrons. The average Bonchev–Trinajstić information content (AvgIpc) is 2.54. The van der Waals surface area contributed by atoms with E-state index in [-0.39, 0.29) is 11.5 Å². The second-order valence-electron chi connectivity index (χ2n) is 3.19. The number of hydrogen-bond donors (Lipinski definition) is 1. The number of halogens is 1. The fraction of sp³-hybridized carbons (Fsp3) is 0.300. The lowest BCUT2D eigenvalue weighted by Crippen LogP contribution is -1.95. The molecule has 1 aliphatic carbocycles. The average molecular weight is 257 g/mol. The summed E-state index contributed by atoms with van der Waals surface area (Å²) >= 11 is 3.36. The van der Waals surface area contributed by atoms with Gasteiger partial charge in [0.05, 0.1) is 12.7 Å². The third-order valence-electron chi connectivity index (χ3n) is 2.42. The maximum absolute atomic E-state index is 11.5. The largest absolute Gasteiger partial charge is 0.504 e. The van der Waals surface area contributed by atoms with Crippen LogP contribution in [0, 0.1) is 0 Å². The number of benzene rings is 1. The van der Waals surface area contributed by atoms with Gasteiger partial charge in [-0.3, -0.25) is 4.79 Å². The van der Waals surface area contributed by atoms with Gasteiger partial charge >= 0.3 is 0 Å². The van der Waals surface area contributed by atoms with Gasteiger partial charge in [-0.2, -0.15) is 0 Å². The molecule has 1 aliphatic rings. The number of ketones is 1. The highest BCUT2D eigenvalue weighted by atomic mass is 79.9. The minimum absolute atomic E-state index is 0.0166. The predicted octanol–water partition coefficient (Wildman–Crippen LogP) is 2.29. The van der Waals surface area contributed by atoms with Crippen molar-refractivity contribution in [1.29, 1.82) is 0 Å². The van der Waals surface area contributed by atoms with Gasteiger partial charge in [0, 0.05) is 10.9 Å². The molecular weight excluding hydrogens is 248 g/mol. The molecule has 0 bridgehead atoms. The summed E-state index contributed by atoms with van der Waals surface area (Å²) in [5, 5.41) is 9.74. The molecule has 0 aromatic heterocycles. The summed E-state index contributed by atoms with van der Waals surface area (Å²) in [7, 11) is 1.47. The van der Waals surface area contributed by atoms with E-state index in [1.807, 2.05) is 0 Å². The Morgan fingerprint density at radius 2 is 2.21 bits per heavy atom. The molecule has 3 nitrogen and oxygen atoms in total. The van der Waals surface area contributed by atoms with Crippen LogP contribution in [0.25, 0.3) is 0 Å². The molecule has 4 heteroatoms. The van der Waals surface area contributed by atoms with Crippen LogP contribution in [-0.4, -0.2) is 18.0 Å². The van der Waals surface area contributed by atoms with Crippen LogP contribution >= 0.6 is 15.9 Å². The number of hydrogen-bond acceptors (Lipinski definition) is 3. The Balaban J connectivity index is 2.71. The maximum Gasteiger partial charge on any atom is 0.169 e. The molecule has 0 heterocycles. The van der Waals surface area contributed by atoms with Crippen LogP contribution in [0.1, 0.15) is 22.3 Å². The first kappa shape index (κ1) is 9.52. The van der Waals surface area contributed by atoms with E-state index in [9.17, 15) is 9.90 Å². The minimum atomic E-state index is -0.0341. The molecule has 1 aromatic carbocycles. The number of rotatable bonds is 1. The van der Waals surface area contributed by atoms with E-state index in [1.54, 1.807) is 6.07 Å². The SMILES string of the molecule is COc1cc(Br)c2c(c1O)C(=O)CC2. The summed E-state index contributed by atoms with van der Waals surface area (Å²) < 4.78 is 5.79. The van der Waals surface area contributed by atoms with E-state index in [0.29, 0.717) is 24.2 Å². The minimum Gasteiger partial charge on any atom is -0.504 e. The van der Waals surface area contributed by atoms with Crippen molar-refractivity contribution in [2.75, 3.05) is 7.11 Å². The Bertz CT molecular complexity index is 412. The van der Waals surface area contributed by atoms with E-state index in [2.05, 4.69) is 15.9 Å². The number of phenolic OH excluding ortho intramolecular Hbond substituents is 1. The van der Waals surface area contributed by atoms with Crippen molar-refractivity contribution in [2.24, 2.45) is 0 Å². The molecule has 0 amide bonds. The summed E-state index contributed by atoms with van der Waals surface area (Å²) in [5.74, 6) is 0.288. The molecule has 0 fully saturated rings. The smallest absolute Gasteiger partial charge is 0.169 e. The summed E-state index contributed by atoms with van der Waals surface area (Å²) in [4.78, 5) is 11.5. The lowest BCUT2D eigenvalue weighted by molar-refractivity contribution is 0.0992. The molecule has 2 rings (SSSR count). The quantitative estimate of drug-likeness (QED) is 0.839. The first-order valence-corrected chi connectivity index (χ1v) is 5.06. The molecule has 0 saturated carbocycles. The summed E-state index contributed by atoms with van der Waals surface area (Å²) in [6.07, 6.45) is 1.15. The Morgan fingerprint density at radius 3 is 2.86 bits per heavy atom. The Kier molecular flexibility index (Phi) is 2.23. The zero-order valence-corrected chi connectivity index (χ0v) is 9.22. The topological polar surface area (TPSA) is 46.5 Å². The number of methoxy groups -OCH3 is 1. The molecule has 1 aromatic rings. The van der Waals surface area contributed by atoms with Gasteiger partial charge in [0.15, 0.2) is 17.3 Å². The Hall–Kier alpha value is -1.03. The molecule has 0 radical (unpaired) electrons. The highest BCUT2D eigenvalue weighted by Crippen LogP contribution is 2.41. The summed E-state index contributed by atoms with van der Waals surface area (Å²) in [6, 6.07) is 1.69. The number of phenols is 1. The van der Waals surface area contributed by atoms with Crippen molar-refractivity contribution in [3.8, 4) is 11.5 Å². The van der Waals surface area contributed by atoms with Gasteiger partial charge in [0.1, 0.15) is 0 Å². The van der Waals surface area contributed by atoms with Crippen molar-refractivity contribution < 1.29 is 14.6 Å². The highest BCUT2D eigenvalue weighted by molar-refractivity contribution is 9.10. The molecule has 0 saturated heterocycles. The molecule has 0 unspecified atom stereocenters. The van der Waals surface area contributed by atoms with Crippen LogP contribution in [0.5, 0.6) is 11.5 Å². The van der Waals surface area contributed by atoms with Crippen molar-refractivity contribution in [1.82, 2.24) is 0 Å². The normalized spacial score (nSPS) is 14.3. The lowest BCUT2D eigenvalue weighted by atomic mass is 10.1. The Labute approximate surface area is 89.8 Å². The van der Waals surface area contributed by atoms with Gasteiger partial charge in [-0.15, -0.1) is 0 Å². The van der Waals surface area contributed by atoms with E-state index in [1.165, 1.54) is 7.11 Å². The first-order chi connectivity index (χ1) is 6.65. The van der Waals surface area contributed by atoms with E-state index >= 15 is 0 Å². The third kappa shape index (κ3) is 1.21. The fourth-order valence-corrected chi connectivity index (χ4v) is 2.32. The number of Topliss-reactive ketones (excluding diaryl/α,β-unsaturated/α-hetero) is 1. The molecule has 0 aliphatic heterocycles. The number of carbonyl (C=O) groups is 1. The van der Waals surface area contributed by atoms with Crippen LogP contribution in [0.3, 0.4) is 0 Å². The van der Waals surface area contributed by atoms with Gasteiger partial charge in [0.2, 0.25) is 0 Å². The van der Waals surface area contributed by atoms with E-state index in [0.717, 1.165) is 10.0 Å². The van der Waals surface area contributed by atoms with Crippen LogP contribution < -0.4 is 4.74 Å². The zero-order chi connectivity index (χ0) is 10.3. The van der Waals surface area contributed by atoms with Crippen LogP contribution in [0.4, 0.5) is 0 Å². The number of fused-ring (bicyclic) bond motifs is 1. The van der Waals surface area contributed by atoms with Crippen molar-refractivity contribution in [2.45, 2.75) is 12.8 Å². The second kappa shape index (κ2) is 3.28. The van der Waals surface area contributed by atoms with Gasteiger partial charge < -0.3 is 9.84 Å². The van der Waals surface area contributed by atoms with Gasteiger partial charge in [-0.25, -0.2) is 0 Å². The van der Waals surface area contributed by atoms with Crippen molar-refractivity contribution >= 4 is 21.7 Å². The van der Waals surface area contributed by atoms with E-state index < -0.39 is 0 Å². The standard InChI is InChI=1S/C10H9BrO3/c1-14-8-4-6(11)5-2-3-7(12)9(5)10(8)13/h4,13H,2-3H2,1H3. The van der Waals surface area contributed by atoms with Crippen molar-refractivity contribution in [3.63, 3.8) is 0 Å².